The van der Waals surface area contributed by atoms with Gasteiger partial charge in [0.1, 0.15) is 5.75 Å². The summed E-state index contributed by atoms with van der Waals surface area (Å²) in [5, 5.41) is 13.4. The Labute approximate surface area is 110 Å². The minimum absolute atomic E-state index is 0.274. The molecule has 0 amide bonds. The molecule has 0 saturated carbocycles. The third-order valence-electron chi connectivity index (χ3n) is 2.29. The predicted octanol–water partition coefficient (Wildman–Crippen LogP) is 2.71. The molecule has 1 atom stereocenters. The number of nitrogens with zero attached hydrogens (tertiary/aromatic N) is 2. The number of benzene rings is 1. The zero-order valence-electron chi connectivity index (χ0n) is 9.46. The highest BCUT2D eigenvalue weighted by molar-refractivity contribution is 7.05. The van der Waals surface area contributed by atoms with Crippen LogP contribution in [0.1, 0.15) is 16.5 Å². The van der Waals surface area contributed by atoms with Crippen LogP contribution >= 0.6 is 11.5 Å². The SMILES string of the molecule is OC(Cc1ccc(OC(F)(F)F)cc1)c1cnns1. The Kier molecular flexibility index (Phi) is 4.01. The van der Waals surface area contributed by atoms with Gasteiger partial charge in [-0.2, -0.15) is 0 Å². The van der Waals surface area contributed by atoms with E-state index in [0.29, 0.717) is 10.4 Å². The summed E-state index contributed by atoms with van der Waals surface area (Å²) in [6, 6.07) is 5.36. The summed E-state index contributed by atoms with van der Waals surface area (Å²) in [5.74, 6) is -0.287. The maximum Gasteiger partial charge on any atom is 0.573 e. The van der Waals surface area contributed by atoms with Crippen molar-refractivity contribution < 1.29 is 23.0 Å². The Morgan fingerprint density at radius 1 is 1.26 bits per heavy atom. The number of halogens is 3. The third kappa shape index (κ3) is 4.18. The molecular weight excluding hydrogens is 281 g/mol. The fraction of sp³-hybridized carbons (Fsp3) is 0.273. The number of aliphatic hydroxyl groups excluding tert-OH is 1. The molecule has 4 nitrogen and oxygen atoms in total. The number of alkyl halides is 3. The summed E-state index contributed by atoms with van der Waals surface area (Å²) >= 11 is 1.08. The van der Waals surface area contributed by atoms with Gasteiger partial charge in [-0.25, -0.2) is 0 Å². The number of aromatic nitrogens is 2. The number of aliphatic hydroxyl groups is 1. The maximum absolute atomic E-state index is 12.0. The molecule has 1 unspecified atom stereocenters. The Bertz CT molecular complexity index is 514. The first-order chi connectivity index (χ1) is 8.94. The lowest BCUT2D eigenvalue weighted by molar-refractivity contribution is -0.274. The van der Waals surface area contributed by atoms with Crippen molar-refractivity contribution in [3.63, 3.8) is 0 Å². The Morgan fingerprint density at radius 2 is 1.95 bits per heavy atom. The zero-order valence-corrected chi connectivity index (χ0v) is 10.3. The van der Waals surface area contributed by atoms with Crippen LogP contribution in [0.4, 0.5) is 13.2 Å². The topological polar surface area (TPSA) is 55.2 Å². The van der Waals surface area contributed by atoms with E-state index in [1.54, 1.807) is 0 Å². The van der Waals surface area contributed by atoms with Gasteiger partial charge in [-0.1, -0.05) is 16.6 Å². The van der Waals surface area contributed by atoms with E-state index in [-0.39, 0.29) is 12.2 Å². The third-order valence-corrected chi connectivity index (χ3v) is 3.06. The van der Waals surface area contributed by atoms with Gasteiger partial charge in [0.05, 0.1) is 17.2 Å². The molecule has 1 aromatic carbocycles. The second kappa shape index (κ2) is 5.54. The lowest BCUT2D eigenvalue weighted by Gasteiger charge is -2.10. The van der Waals surface area contributed by atoms with Crippen molar-refractivity contribution in [2.75, 3.05) is 0 Å². The second-order valence-electron chi connectivity index (χ2n) is 3.73. The van der Waals surface area contributed by atoms with Gasteiger partial charge in [-0.15, -0.1) is 18.3 Å². The van der Waals surface area contributed by atoms with Gasteiger partial charge in [0.25, 0.3) is 0 Å². The summed E-state index contributed by atoms with van der Waals surface area (Å²) in [6.45, 7) is 0. The number of hydrogen-bond acceptors (Lipinski definition) is 5. The van der Waals surface area contributed by atoms with Gasteiger partial charge < -0.3 is 9.84 Å². The first-order valence-corrected chi connectivity index (χ1v) is 6.01. The first-order valence-electron chi connectivity index (χ1n) is 5.24. The Balaban J connectivity index is 1.99. The van der Waals surface area contributed by atoms with Crippen molar-refractivity contribution in [3.8, 4) is 5.75 Å². The van der Waals surface area contributed by atoms with Crippen molar-refractivity contribution in [2.45, 2.75) is 18.9 Å². The van der Waals surface area contributed by atoms with Crippen LogP contribution in [-0.4, -0.2) is 21.1 Å². The van der Waals surface area contributed by atoms with E-state index in [0.717, 1.165) is 11.5 Å². The molecule has 19 heavy (non-hydrogen) atoms. The zero-order chi connectivity index (χ0) is 13.9. The molecule has 0 spiro atoms. The van der Waals surface area contributed by atoms with Gasteiger partial charge in [-0.3, -0.25) is 0 Å². The van der Waals surface area contributed by atoms with Gasteiger partial charge in [0.2, 0.25) is 0 Å². The summed E-state index contributed by atoms with van der Waals surface area (Å²) in [6.07, 6.45) is -3.74. The van der Waals surface area contributed by atoms with E-state index in [9.17, 15) is 18.3 Å². The largest absolute Gasteiger partial charge is 0.573 e. The summed E-state index contributed by atoms with van der Waals surface area (Å²) < 4.78 is 43.3. The normalized spacial score (nSPS) is 13.3. The van der Waals surface area contributed by atoms with E-state index >= 15 is 0 Å². The van der Waals surface area contributed by atoms with Crippen molar-refractivity contribution in [3.05, 3.63) is 40.9 Å². The lowest BCUT2D eigenvalue weighted by Crippen LogP contribution is -2.17. The molecule has 8 heteroatoms. The molecule has 0 aliphatic rings. The minimum Gasteiger partial charge on any atom is -0.406 e. The van der Waals surface area contributed by atoms with Crippen LogP contribution in [0.2, 0.25) is 0 Å². The van der Waals surface area contributed by atoms with Gasteiger partial charge >= 0.3 is 6.36 Å². The fourth-order valence-corrected chi connectivity index (χ4v) is 1.96. The average Bonchev–Trinajstić information content (AvgIpc) is 2.83. The van der Waals surface area contributed by atoms with Crippen LogP contribution in [0.5, 0.6) is 5.75 Å². The van der Waals surface area contributed by atoms with E-state index in [4.69, 9.17) is 0 Å². The fourth-order valence-electron chi connectivity index (χ4n) is 1.47. The smallest absolute Gasteiger partial charge is 0.406 e. The second-order valence-corrected chi connectivity index (χ2v) is 4.55. The Morgan fingerprint density at radius 3 is 2.47 bits per heavy atom. The van der Waals surface area contributed by atoms with Crippen molar-refractivity contribution >= 4 is 11.5 Å². The molecule has 2 aromatic rings. The molecular formula is C11H9F3N2O2S. The highest BCUT2D eigenvalue weighted by Crippen LogP contribution is 2.25. The summed E-state index contributed by atoms with van der Waals surface area (Å²) in [5.41, 5.74) is 0.690. The van der Waals surface area contributed by atoms with Crippen LogP contribution < -0.4 is 4.74 Å². The summed E-state index contributed by atoms with van der Waals surface area (Å²) in [4.78, 5) is 0.607. The molecule has 0 radical (unpaired) electrons. The van der Waals surface area contributed by atoms with Gasteiger partial charge in [0, 0.05) is 6.42 Å². The molecule has 102 valence electrons. The van der Waals surface area contributed by atoms with Crippen LogP contribution in [0.3, 0.4) is 0 Å². The minimum atomic E-state index is -4.70. The lowest BCUT2D eigenvalue weighted by atomic mass is 10.1. The quantitative estimate of drug-likeness (QED) is 0.940. The average molecular weight is 290 g/mol. The Hall–Kier alpha value is -1.67. The number of hydrogen-bond donors (Lipinski definition) is 1. The van der Waals surface area contributed by atoms with Crippen LogP contribution in [0, 0.1) is 0 Å². The van der Waals surface area contributed by atoms with E-state index in [1.165, 1.54) is 30.5 Å². The van der Waals surface area contributed by atoms with Crippen LogP contribution in [0.15, 0.2) is 30.5 Å². The first kappa shape index (κ1) is 13.8. The van der Waals surface area contributed by atoms with Gasteiger partial charge in [-0.05, 0) is 29.2 Å². The maximum atomic E-state index is 12.0. The molecule has 0 aliphatic carbocycles. The molecule has 0 bridgehead atoms. The van der Waals surface area contributed by atoms with Crippen molar-refractivity contribution in [2.24, 2.45) is 0 Å². The summed E-state index contributed by atoms with van der Waals surface area (Å²) in [7, 11) is 0. The van der Waals surface area contributed by atoms with Crippen molar-refractivity contribution in [1.29, 1.82) is 0 Å². The van der Waals surface area contributed by atoms with Crippen LogP contribution in [0.25, 0.3) is 0 Å². The van der Waals surface area contributed by atoms with Gasteiger partial charge in [0.15, 0.2) is 0 Å². The molecule has 1 aromatic heterocycles. The van der Waals surface area contributed by atoms with E-state index < -0.39 is 12.5 Å². The monoisotopic (exact) mass is 290 g/mol. The highest BCUT2D eigenvalue weighted by Gasteiger charge is 2.30. The molecule has 1 heterocycles. The van der Waals surface area contributed by atoms with E-state index in [2.05, 4.69) is 14.3 Å². The molecule has 2 rings (SSSR count). The number of ether oxygens (including phenoxy) is 1. The molecule has 0 aliphatic heterocycles. The van der Waals surface area contributed by atoms with E-state index in [1.807, 2.05) is 0 Å². The van der Waals surface area contributed by atoms with Crippen LogP contribution in [-0.2, 0) is 6.42 Å². The molecule has 0 fully saturated rings. The molecule has 1 N–H and O–H groups in total. The standard InChI is InChI=1S/C11H9F3N2O2S/c12-11(13,14)18-8-3-1-7(2-4-8)5-9(17)10-6-15-16-19-10/h1-4,6,9,17H,5H2. The number of rotatable bonds is 4. The molecule has 0 saturated heterocycles. The predicted molar refractivity (Wildman–Crippen MR) is 61.7 cm³/mol. The van der Waals surface area contributed by atoms with Crippen molar-refractivity contribution in [1.82, 2.24) is 9.59 Å². The highest BCUT2D eigenvalue weighted by atomic mass is 32.1.